The molecule has 1 nitrogen and oxygen atoms in total. The molecule has 0 aliphatic rings. The Morgan fingerprint density at radius 3 is 2.80 bits per heavy atom. The van der Waals surface area contributed by atoms with E-state index in [0.29, 0.717) is 4.47 Å². The molecule has 0 aromatic heterocycles. The number of rotatable bonds is 1. The SMILES string of the molecule is [2H]C([2H])(O)c1cc(F)cc(Br)c1. The van der Waals surface area contributed by atoms with Crippen molar-refractivity contribution in [3.05, 3.63) is 34.1 Å². The van der Waals surface area contributed by atoms with E-state index in [4.69, 9.17) is 7.85 Å². The average molecular weight is 207 g/mol. The molecule has 0 amide bonds. The molecule has 0 fully saturated rings. The molecule has 1 aromatic carbocycles. The Balaban J connectivity index is 3.18. The van der Waals surface area contributed by atoms with Crippen molar-refractivity contribution in [3.8, 4) is 0 Å². The average Bonchev–Trinajstić information content (AvgIpc) is 1.82. The van der Waals surface area contributed by atoms with Crippen molar-refractivity contribution >= 4 is 15.9 Å². The number of hydrogen-bond donors (Lipinski definition) is 1. The summed E-state index contributed by atoms with van der Waals surface area (Å²) in [5.41, 5.74) is -0.102. The van der Waals surface area contributed by atoms with Crippen molar-refractivity contribution < 1.29 is 12.2 Å². The summed E-state index contributed by atoms with van der Waals surface area (Å²) in [6.45, 7) is -2.50. The van der Waals surface area contributed by atoms with Gasteiger partial charge in [-0.1, -0.05) is 15.9 Å². The predicted molar refractivity (Wildman–Crippen MR) is 40.0 cm³/mol. The summed E-state index contributed by atoms with van der Waals surface area (Å²) in [4.78, 5) is 0. The summed E-state index contributed by atoms with van der Waals surface area (Å²) in [5, 5.41) is 8.88. The van der Waals surface area contributed by atoms with E-state index in [2.05, 4.69) is 15.9 Å². The lowest BCUT2D eigenvalue weighted by molar-refractivity contribution is 0.281. The van der Waals surface area contributed by atoms with Crippen LogP contribution in [0.2, 0.25) is 0 Å². The Hall–Kier alpha value is -0.410. The minimum absolute atomic E-state index is 0.102. The lowest BCUT2D eigenvalue weighted by Gasteiger charge is -1.96. The number of aliphatic hydroxyl groups is 1. The summed E-state index contributed by atoms with van der Waals surface area (Å²) >= 11 is 2.99. The Bertz CT molecular complexity index is 278. The van der Waals surface area contributed by atoms with Gasteiger partial charge in [-0.25, -0.2) is 4.39 Å². The van der Waals surface area contributed by atoms with Gasteiger partial charge in [0.2, 0.25) is 0 Å². The molecule has 3 heteroatoms. The summed E-state index contributed by atoms with van der Waals surface area (Å²) in [6, 6.07) is 3.46. The highest BCUT2D eigenvalue weighted by molar-refractivity contribution is 9.10. The van der Waals surface area contributed by atoms with Crippen LogP contribution in [0.15, 0.2) is 22.7 Å². The van der Waals surface area contributed by atoms with Crippen LogP contribution in [-0.2, 0) is 6.56 Å². The van der Waals surface area contributed by atoms with Gasteiger partial charge in [0.05, 0.1) is 9.30 Å². The van der Waals surface area contributed by atoms with Crippen LogP contribution in [0.25, 0.3) is 0 Å². The zero-order valence-corrected chi connectivity index (χ0v) is 6.52. The quantitative estimate of drug-likeness (QED) is 0.747. The maximum Gasteiger partial charge on any atom is 0.124 e. The molecular weight excluding hydrogens is 199 g/mol. The van der Waals surface area contributed by atoms with Gasteiger partial charge in [0.15, 0.2) is 0 Å². The van der Waals surface area contributed by atoms with E-state index >= 15 is 0 Å². The second-order valence-corrected chi connectivity index (χ2v) is 2.69. The molecule has 0 bridgehead atoms. The fraction of sp³-hybridized carbons (Fsp3) is 0.143. The van der Waals surface area contributed by atoms with Gasteiger partial charge >= 0.3 is 0 Å². The molecule has 54 valence electrons. The number of hydrogen-bond acceptors (Lipinski definition) is 1. The van der Waals surface area contributed by atoms with E-state index < -0.39 is 12.4 Å². The lowest BCUT2D eigenvalue weighted by atomic mass is 10.2. The molecule has 1 N–H and O–H groups in total. The van der Waals surface area contributed by atoms with Crippen molar-refractivity contribution in [3.63, 3.8) is 0 Å². The van der Waals surface area contributed by atoms with Crippen LogP contribution in [0, 0.1) is 5.82 Å². The first-order valence-corrected chi connectivity index (χ1v) is 3.38. The fourth-order valence-corrected chi connectivity index (χ4v) is 1.08. The van der Waals surface area contributed by atoms with Gasteiger partial charge in [-0.3, -0.25) is 0 Å². The Kier molecular flexibility index (Phi) is 1.64. The van der Waals surface area contributed by atoms with Crippen molar-refractivity contribution in [1.29, 1.82) is 0 Å². The van der Waals surface area contributed by atoms with Gasteiger partial charge in [-0.15, -0.1) is 0 Å². The molecule has 0 unspecified atom stereocenters. The molecule has 0 atom stereocenters. The first kappa shape index (κ1) is 5.27. The smallest absolute Gasteiger partial charge is 0.124 e. The maximum atomic E-state index is 12.7. The van der Waals surface area contributed by atoms with E-state index in [-0.39, 0.29) is 5.56 Å². The molecule has 0 saturated heterocycles. The molecule has 1 rings (SSSR count). The predicted octanol–water partition coefficient (Wildman–Crippen LogP) is 2.08. The standard InChI is InChI=1S/C7H6BrFO/c8-6-1-5(4-10)2-7(9)3-6/h1-3,10H,4H2/i4D2. The Morgan fingerprint density at radius 2 is 2.30 bits per heavy atom. The van der Waals surface area contributed by atoms with Gasteiger partial charge in [-0.05, 0) is 23.8 Å². The highest BCUT2D eigenvalue weighted by atomic mass is 79.9. The topological polar surface area (TPSA) is 20.2 Å². The highest BCUT2D eigenvalue weighted by Crippen LogP contribution is 2.14. The minimum Gasteiger partial charge on any atom is -0.392 e. The molecule has 0 spiro atoms. The number of benzene rings is 1. The molecule has 0 aliphatic carbocycles. The van der Waals surface area contributed by atoms with E-state index in [9.17, 15) is 4.39 Å². The van der Waals surface area contributed by atoms with E-state index in [1.165, 1.54) is 12.1 Å². The third kappa shape index (κ3) is 1.78. The zero-order chi connectivity index (χ0) is 9.35. The molecule has 0 saturated carbocycles. The number of halogens is 2. The van der Waals surface area contributed by atoms with Gasteiger partial charge in [0.1, 0.15) is 5.82 Å². The molecular formula is C7H6BrFO. The molecule has 1 aromatic rings. The summed E-state index contributed by atoms with van der Waals surface area (Å²) in [5.74, 6) is -0.586. The van der Waals surface area contributed by atoms with Crippen molar-refractivity contribution in [2.24, 2.45) is 0 Å². The normalized spacial score (nSPS) is 14.3. The monoisotopic (exact) mass is 206 g/mol. The second kappa shape index (κ2) is 3.12. The van der Waals surface area contributed by atoms with Crippen LogP contribution in [0.1, 0.15) is 8.30 Å². The van der Waals surface area contributed by atoms with Crippen molar-refractivity contribution in [2.75, 3.05) is 0 Å². The van der Waals surface area contributed by atoms with Gasteiger partial charge in [0, 0.05) is 4.47 Å². The molecule has 10 heavy (non-hydrogen) atoms. The molecule has 0 radical (unpaired) electrons. The van der Waals surface area contributed by atoms with Crippen LogP contribution in [0.3, 0.4) is 0 Å². The van der Waals surface area contributed by atoms with Gasteiger partial charge in [0.25, 0.3) is 0 Å². The second-order valence-electron chi connectivity index (χ2n) is 1.77. The van der Waals surface area contributed by atoms with Crippen molar-refractivity contribution in [1.82, 2.24) is 0 Å². The van der Waals surface area contributed by atoms with E-state index in [0.717, 1.165) is 6.07 Å². The van der Waals surface area contributed by atoms with Crippen LogP contribution in [0.4, 0.5) is 4.39 Å². The summed E-state index contributed by atoms with van der Waals surface area (Å²) in [7, 11) is 0. The molecule has 0 aliphatic heterocycles. The third-order valence-corrected chi connectivity index (χ3v) is 1.45. The van der Waals surface area contributed by atoms with Crippen LogP contribution in [0.5, 0.6) is 0 Å². The van der Waals surface area contributed by atoms with Crippen LogP contribution >= 0.6 is 15.9 Å². The van der Waals surface area contributed by atoms with Gasteiger partial charge in [-0.2, -0.15) is 0 Å². The molecule has 0 heterocycles. The van der Waals surface area contributed by atoms with E-state index in [1.807, 2.05) is 0 Å². The van der Waals surface area contributed by atoms with Crippen molar-refractivity contribution in [2.45, 2.75) is 6.56 Å². The zero-order valence-electron chi connectivity index (χ0n) is 6.94. The van der Waals surface area contributed by atoms with Crippen LogP contribution < -0.4 is 0 Å². The third-order valence-electron chi connectivity index (χ3n) is 0.992. The first-order chi connectivity index (χ1) is 5.39. The largest absolute Gasteiger partial charge is 0.392 e. The summed E-state index contributed by atoms with van der Waals surface area (Å²) < 4.78 is 26.9. The Morgan fingerprint density at radius 1 is 1.60 bits per heavy atom. The maximum absolute atomic E-state index is 12.7. The lowest BCUT2D eigenvalue weighted by Crippen LogP contribution is -1.84. The minimum atomic E-state index is -2.50. The first-order valence-electron chi connectivity index (χ1n) is 3.58. The summed E-state index contributed by atoms with van der Waals surface area (Å²) in [6.07, 6.45) is 0. The van der Waals surface area contributed by atoms with Crippen LogP contribution in [-0.4, -0.2) is 5.11 Å². The highest BCUT2D eigenvalue weighted by Gasteiger charge is 1.95. The van der Waals surface area contributed by atoms with Gasteiger partial charge < -0.3 is 5.11 Å². The fourth-order valence-electron chi connectivity index (χ4n) is 0.618. The Labute approximate surface area is 69.4 Å². The van der Waals surface area contributed by atoms with E-state index in [1.54, 1.807) is 0 Å².